The number of halogens is 1. The van der Waals surface area contributed by atoms with Crippen LogP contribution >= 0.6 is 23.7 Å². The fourth-order valence-corrected chi connectivity index (χ4v) is 5.57. The predicted molar refractivity (Wildman–Crippen MR) is 82.1 cm³/mol. The number of nitrogens with zero attached hydrogens (tertiary/aromatic N) is 1. The predicted octanol–water partition coefficient (Wildman–Crippen LogP) is 2.20. The Morgan fingerprint density at radius 3 is 2.35 bits per heavy atom. The molecule has 23 heavy (non-hydrogen) atoms. The third-order valence-electron chi connectivity index (χ3n) is 2.24. The zero-order valence-corrected chi connectivity index (χ0v) is 14.9. The van der Waals surface area contributed by atoms with Gasteiger partial charge in [-0.2, -0.15) is 4.39 Å². The number of nitrogens with one attached hydrogen (secondary N) is 1. The van der Waals surface area contributed by atoms with Crippen LogP contribution < -0.4 is 11.2 Å². The van der Waals surface area contributed by atoms with Crippen LogP contribution in [0.1, 0.15) is 0 Å². The second-order valence-electron chi connectivity index (χ2n) is 4.20. The zero-order valence-electron chi connectivity index (χ0n) is 12.2. The SMILES string of the molecule is C[P+](=O)OP(=O)(C/C=C/Cn1cc(F)c(=O)[nH]c1=O)O[P+](C)=O. The average molecular weight is 386 g/mol. The number of rotatable bonds is 8. The van der Waals surface area contributed by atoms with Gasteiger partial charge in [-0.25, -0.2) is 4.79 Å². The molecule has 0 radical (unpaired) electrons. The zero-order chi connectivity index (χ0) is 17.6. The third kappa shape index (κ3) is 6.77. The first-order valence-corrected chi connectivity index (χ1v) is 11.0. The van der Waals surface area contributed by atoms with Crippen LogP contribution in [0.3, 0.4) is 0 Å². The molecular weight excluding hydrogens is 372 g/mol. The summed E-state index contributed by atoms with van der Waals surface area (Å²) in [5, 5.41) is 0. The number of aromatic amines is 1. The highest BCUT2D eigenvalue weighted by atomic mass is 31.3. The first-order valence-electron chi connectivity index (χ1n) is 6.07. The van der Waals surface area contributed by atoms with Crippen molar-refractivity contribution < 1.29 is 26.7 Å². The van der Waals surface area contributed by atoms with E-state index in [2.05, 4.69) is 0 Å². The van der Waals surface area contributed by atoms with Gasteiger partial charge in [0.15, 0.2) is 13.3 Å². The van der Waals surface area contributed by atoms with Gasteiger partial charge in [0.1, 0.15) is 0 Å². The molecule has 0 aliphatic rings. The molecule has 126 valence electrons. The van der Waals surface area contributed by atoms with Gasteiger partial charge in [-0.05, 0) is 9.13 Å². The standard InChI is InChI=1S/C10H13FN2O7P3/c1-21(16)19-23(18,20-22(2)17)6-4-3-5-13-7-8(11)9(14)12-10(13)15/h3-4,7H,5-6H2,1-2H3/q+1/p+1/b4-3+. The van der Waals surface area contributed by atoms with Crippen molar-refractivity contribution in [2.24, 2.45) is 0 Å². The largest absolute Gasteiger partial charge is 0.513 e. The van der Waals surface area contributed by atoms with Gasteiger partial charge in [-0.3, -0.25) is 18.9 Å². The molecule has 0 aliphatic heterocycles. The smallest absolute Gasteiger partial charge is 0.294 e. The van der Waals surface area contributed by atoms with E-state index in [1.54, 1.807) is 4.98 Å². The maximum absolute atomic E-state index is 13.1. The minimum absolute atomic E-state index is 0.122. The molecule has 0 bridgehead atoms. The first-order chi connectivity index (χ1) is 10.6. The summed E-state index contributed by atoms with van der Waals surface area (Å²) in [6.45, 7) is 2.21. The van der Waals surface area contributed by atoms with E-state index >= 15 is 0 Å². The Hall–Kier alpha value is -1.30. The molecule has 0 spiro atoms. The highest BCUT2D eigenvalue weighted by Gasteiger charge is 2.39. The van der Waals surface area contributed by atoms with Crippen molar-refractivity contribution in [3.63, 3.8) is 0 Å². The average Bonchev–Trinajstić information content (AvgIpc) is 2.38. The van der Waals surface area contributed by atoms with Crippen molar-refractivity contribution in [3.8, 4) is 0 Å². The van der Waals surface area contributed by atoms with Crippen LogP contribution in [0, 0.1) is 5.82 Å². The molecule has 9 nitrogen and oxygen atoms in total. The summed E-state index contributed by atoms with van der Waals surface area (Å²) in [7, 11) is -8.34. The molecule has 0 saturated heterocycles. The van der Waals surface area contributed by atoms with E-state index < -0.39 is 40.7 Å². The molecule has 0 aromatic carbocycles. The van der Waals surface area contributed by atoms with Gasteiger partial charge in [-0.15, -0.1) is 0 Å². The lowest BCUT2D eigenvalue weighted by Crippen LogP contribution is -2.31. The maximum atomic E-state index is 13.1. The maximum Gasteiger partial charge on any atom is 0.513 e. The van der Waals surface area contributed by atoms with Crippen molar-refractivity contribution in [3.05, 3.63) is 45.0 Å². The van der Waals surface area contributed by atoms with E-state index in [-0.39, 0.29) is 12.7 Å². The monoisotopic (exact) mass is 386 g/mol. The van der Waals surface area contributed by atoms with Crippen LogP contribution in [0.25, 0.3) is 0 Å². The Morgan fingerprint density at radius 2 is 1.83 bits per heavy atom. The number of hydrogen-bond donors (Lipinski definition) is 1. The molecule has 1 aromatic rings. The molecular formula is C10H14FN2O7P3+2. The van der Waals surface area contributed by atoms with Crippen LogP contribution in [0.15, 0.2) is 27.9 Å². The van der Waals surface area contributed by atoms with Crippen LogP contribution in [0.5, 0.6) is 0 Å². The van der Waals surface area contributed by atoms with Crippen molar-refractivity contribution in [1.29, 1.82) is 0 Å². The molecule has 13 heteroatoms. The van der Waals surface area contributed by atoms with E-state index in [0.29, 0.717) is 0 Å². The van der Waals surface area contributed by atoms with Crippen molar-refractivity contribution in [2.75, 3.05) is 19.5 Å². The summed E-state index contributed by atoms with van der Waals surface area (Å²) in [5.41, 5.74) is -1.94. The fourth-order valence-electron chi connectivity index (χ4n) is 1.44. The summed E-state index contributed by atoms with van der Waals surface area (Å²) in [4.78, 5) is 24.0. The minimum atomic E-state index is -3.86. The molecule has 1 N–H and O–H groups in total. The summed E-state index contributed by atoms with van der Waals surface area (Å²) in [5.74, 6) is -1.12. The molecule has 1 rings (SSSR count). The topological polar surface area (TPSA) is 125 Å². The van der Waals surface area contributed by atoms with E-state index in [1.165, 1.54) is 25.5 Å². The van der Waals surface area contributed by atoms with Gasteiger partial charge in [0.25, 0.3) is 5.56 Å². The molecule has 0 amide bonds. The highest BCUT2D eigenvalue weighted by molar-refractivity contribution is 7.66. The Bertz CT molecular complexity index is 780. The van der Waals surface area contributed by atoms with Crippen molar-refractivity contribution in [1.82, 2.24) is 9.55 Å². The van der Waals surface area contributed by atoms with Crippen LogP contribution in [0.4, 0.5) is 4.39 Å². The van der Waals surface area contributed by atoms with Gasteiger partial charge < -0.3 is 0 Å². The number of hydrogen-bond acceptors (Lipinski definition) is 7. The Labute approximate surface area is 131 Å². The Balaban J connectivity index is 2.80. The summed E-state index contributed by atoms with van der Waals surface area (Å²) >= 11 is 0. The summed E-state index contributed by atoms with van der Waals surface area (Å²) < 4.78 is 57.6. The lowest BCUT2D eigenvalue weighted by molar-refractivity contribution is 0.397. The second kappa shape index (κ2) is 8.52. The van der Waals surface area contributed by atoms with Crippen molar-refractivity contribution in [2.45, 2.75) is 6.54 Å². The molecule has 1 heterocycles. The van der Waals surface area contributed by atoms with Crippen molar-refractivity contribution >= 4 is 23.7 Å². The van der Waals surface area contributed by atoms with Gasteiger partial charge in [0, 0.05) is 6.54 Å². The Kier molecular flexibility index (Phi) is 7.32. The lowest BCUT2D eigenvalue weighted by Gasteiger charge is -2.02. The minimum Gasteiger partial charge on any atom is -0.294 e. The molecule has 0 fully saturated rings. The van der Waals surface area contributed by atoms with E-state index in [4.69, 9.17) is 8.62 Å². The van der Waals surface area contributed by atoms with Crippen LogP contribution in [-0.2, 0) is 28.9 Å². The third-order valence-corrected chi connectivity index (χ3v) is 6.73. The van der Waals surface area contributed by atoms with Gasteiger partial charge >= 0.3 is 29.3 Å². The second-order valence-corrected chi connectivity index (χ2v) is 8.85. The van der Waals surface area contributed by atoms with E-state index in [9.17, 15) is 27.7 Å². The van der Waals surface area contributed by atoms with Gasteiger partial charge in [0.05, 0.1) is 12.4 Å². The number of H-pyrrole nitrogens is 1. The first kappa shape index (κ1) is 19.7. The summed E-state index contributed by atoms with van der Waals surface area (Å²) in [6.07, 6.45) is 3.01. The van der Waals surface area contributed by atoms with E-state index in [0.717, 1.165) is 10.8 Å². The quantitative estimate of drug-likeness (QED) is 0.536. The molecule has 0 aliphatic carbocycles. The van der Waals surface area contributed by atoms with Gasteiger partial charge in [0.2, 0.25) is 5.82 Å². The van der Waals surface area contributed by atoms with Crippen LogP contribution in [0.2, 0.25) is 0 Å². The van der Waals surface area contributed by atoms with E-state index in [1.807, 2.05) is 0 Å². The highest BCUT2D eigenvalue weighted by Crippen LogP contribution is 2.59. The number of aromatic nitrogens is 2. The van der Waals surface area contributed by atoms with Crippen LogP contribution in [-0.4, -0.2) is 29.0 Å². The molecule has 0 saturated carbocycles. The summed E-state index contributed by atoms with van der Waals surface area (Å²) in [6, 6.07) is 0. The number of allylic oxidation sites excluding steroid dienone is 2. The molecule has 2 unspecified atom stereocenters. The normalized spacial score (nSPS) is 15.4. The lowest BCUT2D eigenvalue weighted by atomic mass is 10.5. The fraction of sp³-hybridized carbons (Fsp3) is 0.400. The molecule has 2 atom stereocenters. The molecule has 1 aromatic heterocycles. The van der Waals surface area contributed by atoms with Gasteiger partial charge in [-0.1, -0.05) is 20.8 Å². The Morgan fingerprint density at radius 1 is 1.26 bits per heavy atom.